The number of halogens is 1. The van der Waals surface area contributed by atoms with Crippen molar-refractivity contribution in [3.05, 3.63) is 68.2 Å². The van der Waals surface area contributed by atoms with Gasteiger partial charge in [-0.2, -0.15) is 0 Å². The minimum Gasteiger partial charge on any atom is -0.379 e. The Labute approximate surface area is 186 Å². The SMILES string of the molecule is O=C(C[C@@]1(O)C(=O)N(CN2CCOCC2)c2ccc(Br)cc21)c1cccc([N+](=O)[O-])c1. The molecule has 1 saturated heterocycles. The van der Waals surface area contributed by atoms with Crippen molar-refractivity contribution in [3.63, 3.8) is 0 Å². The molecule has 31 heavy (non-hydrogen) atoms. The van der Waals surface area contributed by atoms with Gasteiger partial charge in [-0.3, -0.25) is 29.5 Å². The Morgan fingerprint density at radius 3 is 2.68 bits per heavy atom. The van der Waals surface area contributed by atoms with E-state index in [9.17, 15) is 24.8 Å². The Balaban J connectivity index is 1.65. The number of rotatable bonds is 6. The third kappa shape index (κ3) is 4.11. The van der Waals surface area contributed by atoms with E-state index < -0.39 is 28.6 Å². The molecule has 2 aromatic carbocycles. The molecular formula is C21H20BrN3O6. The molecule has 0 spiro atoms. The van der Waals surface area contributed by atoms with Gasteiger partial charge < -0.3 is 9.84 Å². The van der Waals surface area contributed by atoms with E-state index >= 15 is 0 Å². The first-order valence-corrected chi connectivity index (χ1v) is 10.5. The maximum absolute atomic E-state index is 13.4. The molecule has 10 heteroatoms. The highest BCUT2D eigenvalue weighted by molar-refractivity contribution is 9.10. The van der Waals surface area contributed by atoms with Gasteiger partial charge in [-0.1, -0.05) is 28.1 Å². The number of carbonyl (C=O) groups is 2. The summed E-state index contributed by atoms with van der Waals surface area (Å²) in [5, 5.41) is 22.5. The summed E-state index contributed by atoms with van der Waals surface area (Å²) in [5.74, 6) is -1.15. The number of amides is 1. The largest absolute Gasteiger partial charge is 0.379 e. The molecule has 0 radical (unpaired) electrons. The number of ether oxygens (including phenoxy) is 1. The van der Waals surface area contributed by atoms with Gasteiger partial charge in [-0.25, -0.2) is 0 Å². The second-order valence-electron chi connectivity index (χ2n) is 7.53. The average Bonchev–Trinajstić information content (AvgIpc) is 2.96. The minimum atomic E-state index is -2.06. The van der Waals surface area contributed by atoms with E-state index in [1.807, 2.05) is 4.90 Å². The topological polar surface area (TPSA) is 113 Å². The number of Topliss-reactive ketones (excluding diaryl/α,β-unsaturated/α-hetero) is 1. The molecule has 1 N–H and O–H groups in total. The van der Waals surface area contributed by atoms with Crippen molar-refractivity contribution >= 4 is 39.0 Å². The maximum atomic E-state index is 13.4. The van der Waals surface area contributed by atoms with E-state index in [1.54, 1.807) is 18.2 Å². The number of nitro groups is 1. The highest BCUT2D eigenvalue weighted by Crippen LogP contribution is 2.44. The summed E-state index contributed by atoms with van der Waals surface area (Å²) < 4.78 is 6.01. The van der Waals surface area contributed by atoms with Crippen LogP contribution in [0, 0.1) is 10.1 Å². The van der Waals surface area contributed by atoms with Gasteiger partial charge in [0, 0.05) is 40.8 Å². The number of hydrogen-bond donors (Lipinski definition) is 1. The molecule has 1 fully saturated rings. The Kier molecular flexibility index (Phi) is 5.89. The lowest BCUT2D eigenvalue weighted by Gasteiger charge is -2.31. The average molecular weight is 490 g/mol. The zero-order valence-electron chi connectivity index (χ0n) is 16.5. The Morgan fingerprint density at radius 1 is 1.23 bits per heavy atom. The first-order chi connectivity index (χ1) is 14.8. The van der Waals surface area contributed by atoms with E-state index in [2.05, 4.69) is 15.9 Å². The van der Waals surface area contributed by atoms with Gasteiger partial charge in [0.2, 0.25) is 0 Å². The van der Waals surface area contributed by atoms with E-state index in [0.29, 0.717) is 42.0 Å². The Morgan fingerprint density at radius 2 is 1.97 bits per heavy atom. The fraction of sp³-hybridized carbons (Fsp3) is 0.333. The molecule has 2 aliphatic rings. The number of hydrogen-bond acceptors (Lipinski definition) is 7. The molecule has 162 valence electrons. The number of carbonyl (C=O) groups excluding carboxylic acids is 2. The maximum Gasteiger partial charge on any atom is 0.270 e. The van der Waals surface area contributed by atoms with E-state index in [1.165, 1.54) is 23.1 Å². The van der Waals surface area contributed by atoms with Crippen molar-refractivity contribution < 1.29 is 24.4 Å². The van der Waals surface area contributed by atoms with Crippen LogP contribution in [0.4, 0.5) is 11.4 Å². The first-order valence-electron chi connectivity index (χ1n) is 9.72. The predicted octanol–water partition coefficient (Wildman–Crippen LogP) is 2.45. The van der Waals surface area contributed by atoms with E-state index in [-0.39, 0.29) is 17.9 Å². The van der Waals surface area contributed by atoms with Crippen LogP contribution in [-0.4, -0.2) is 59.6 Å². The summed E-state index contributed by atoms with van der Waals surface area (Å²) in [7, 11) is 0. The fourth-order valence-corrected chi connectivity index (χ4v) is 4.27. The predicted molar refractivity (Wildman–Crippen MR) is 115 cm³/mol. The lowest BCUT2D eigenvalue weighted by molar-refractivity contribution is -0.384. The monoisotopic (exact) mass is 489 g/mol. The van der Waals surface area contributed by atoms with Crippen LogP contribution in [0.2, 0.25) is 0 Å². The standard InChI is InChI=1S/C21H20BrN3O6/c22-15-4-5-18-17(11-15)21(28,20(27)24(18)13-23-6-8-31-9-7-23)12-19(26)14-2-1-3-16(10-14)25(29)30/h1-5,10-11,28H,6-9,12-13H2/t21-/m0/s1. The van der Waals surface area contributed by atoms with E-state index in [4.69, 9.17) is 4.74 Å². The van der Waals surface area contributed by atoms with E-state index in [0.717, 1.165) is 6.07 Å². The van der Waals surface area contributed by atoms with Crippen LogP contribution in [0.3, 0.4) is 0 Å². The summed E-state index contributed by atoms with van der Waals surface area (Å²) in [6.07, 6.45) is -0.518. The van der Waals surface area contributed by atoms with Gasteiger partial charge in [-0.15, -0.1) is 0 Å². The number of morpholine rings is 1. The van der Waals surface area contributed by atoms with Crippen LogP contribution >= 0.6 is 15.9 Å². The molecule has 1 amide bonds. The summed E-state index contributed by atoms with van der Waals surface area (Å²) in [5.41, 5.74) is -1.35. The van der Waals surface area contributed by atoms with Crippen LogP contribution < -0.4 is 4.90 Å². The van der Waals surface area contributed by atoms with Crippen molar-refractivity contribution in [2.24, 2.45) is 0 Å². The zero-order valence-corrected chi connectivity index (χ0v) is 18.1. The van der Waals surface area contributed by atoms with Gasteiger partial charge >= 0.3 is 0 Å². The highest BCUT2D eigenvalue weighted by atomic mass is 79.9. The molecule has 0 aliphatic carbocycles. The number of aliphatic hydroxyl groups is 1. The zero-order chi connectivity index (χ0) is 22.2. The number of ketones is 1. The number of non-ortho nitro benzene ring substituents is 1. The van der Waals surface area contributed by atoms with Gasteiger partial charge in [-0.05, 0) is 18.2 Å². The van der Waals surface area contributed by atoms with Crippen molar-refractivity contribution in [3.8, 4) is 0 Å². The molecule has 2 aliphatic heterocycles. The number of anilines is 1. The quantitative estimate of drug-likeness (QED) is 0.376. The Hall–Kier alpha value is -2.66. The lowest BCUT2D eigenvalue weighted by Crippen LogP contribution is -2.49. The number of nitrogens with zero attached hydrogens (tertiary/aromatic N) is 3. The molecule has 1 atom stereocenters. The van der Waals surface area contributed by atoms with Crippen molar-refractivity contribution in [2.75, 3.05) is 37.9 Å². The van der Waals surface area contributed by atoms with Gasteiger partial charge in [0.1, 0.15) is 0 Å². The van der Waals surface area contributed by atoms with Crippen LogP contribution in [-0.2, 0) is 15.1 Å². The highest BCUT2D eigenvalue weighted by Gasteiger charge is 2.51. The normalized spacial score (nSPS) is 21.2. The summed E-state index contributed by atoms with van der Waals surface area (Å²) in [6, 6.07) is 10.4. The third-order valence-corrected chi connectivity index (χ3v) is 6.03. The molecule has 2 aromatic rings. The van der Waals surface area contributed by atoms with Gasteiger partial charge in [0.15, 0.2) is 11.4 Å². The summed E-state index contributed by atoms with van der Waals surface area (Å²) >= 11 is 3.36. The third-order valence-electron chi connectivity index (χ3n) is 5.53. The van der Waals surface area contributed by atoms with Crippen molar-refractivity contribution in [1.82, 2.24) is 4.90 Å². The van der Waals surface area contributed by atoms with Crippen molar-refractivity contribution in [1.29, 1.82) is 0 Å². The minimum absolute atomic E-state index is 0.0681. The molecule has 4 rings (SSSR count). The molecule has 0 saturated carbocycles. The van der Waals surface area contributed by atoms with Gasteiger partial charge in [0.25, 0.3) is 11.6 Å². The molecule has 2 heterocycles. The van der Waals surface area contributed by atoms with Crippen LogP contribution in [0.25, 0.3) is 0 Å². The fourth-order valence-electron chi connectivity index (χ4n) is 3.90. The molecule has 0 bridgehead atoms. The molecule has 9 nitrogen and oxygen atoms in total. The second-order valence-corrected chi connectivity index (χ2v) is 8.45. The number of fused-ring (bicyclic) bond motifs is 1. The van der Waals surface area contributed by atoms with Crippen LogP contribution in [0.5, 0.6) is 0 Å². The van der Waals surface area contributed by atoms with Crippen LogP contribution in [0.15, 0.2) is 46.9 Å². The number of benzene rings is 2. The van der Waals surface area contributed by atoms with Gasteiger partial charge in [0.05, 0.1) is 36.9 Å². The lowest BCUT2D eigenvalue weighted by atomic mass is 9.88. The number of nitro benzene ring substituents is 1. The second kappa shape index (κ2) is 8.46. The van der Waals surface area contributed by atoms with Crippen LogP contribution in [0.1, 0.15) is 22.3 Å². The molecular weight excluding hydrogens is 470 g/mol. The Bertz CT molecular complexity index is 1060. The first kappa shape index (κ1) is 21.6. The summed E-state index contributed by atoms with van der Waals surface area (Å²) in [4.78, 5) is 40.2. The molecule has 0 aromatic heterocycles. The summed E-state index contributed by atoms with van der Waals surface area (Å²) in [6.45, 7) is 2.70. The molecule has 0 unspecified atom stereocenters. The smallest absolute Gasteiger partial charge is 0.270 e. The van der Waals surface area contributed by atoms with Crippen molar-refractivity contribution in [2.45, 2.75) is 12.0 Å².